The zero-order chi connectivity index (χ0) is 20.3. The van der Waals surface area contributed by atoms with Gasteiger partial charge in [-0.25, -0.2) is 0 Å². The molecular weight excluding hydrogens is 384 g/mol. The van der Waals surface area contributed by atoms with E-state index in [1.807, 2.05) is 36.4 Å². The van der Waals surface area contributed by atoms with Crippen LogP contribution in [0, 0.1) is 5.92 Å². The maximum Gasteiger partial charge on any atom is 0.119 e. The molecule has 2 fully saturated rings. The minimum absolute atomic E-state index is 0.246. The number of piperazine rings is 1. The average molecular weight is 415 g/mol. The summed E-state index contributed by atoms with van der Waals surface area (Å²) in [5, 5.41) is 12.5. The fourth-order valence-electron chi connectivity index (χ4n) is 4.93. The number of benzene rings is 2. The lowest BCUT2D eigenvalue weighted by molar-refractivity contribution is -0.0661. The predicted octanol–water partition coefficient (Wildman–Crippen LogP) is 4.55. The Kier molecular flexibility index (Phi) is 6.33. The first kappa shape index (κ1) is 20.5. The summed E-state index contributed by atoms with van der Waals surface area (Å²) in [6.07, 6.45) is 4.16. The molecule has 0 amide bonds. The zero-order valence-corrected chi connectivity index (χ0v) is 17.9. The van der Waals surface area contributed by atoms with Crippen molar-refractivity contribution in [2.24, 2.45) is 5.92 Å². The number of halogens is 1. The molecule has 2 atom stereocenters. The van der Waals surface area contributed by atoms with Gasteiger partial charge in [0.05, 0.1) is 23.4 Å². The van der Waals surface area contributed by atoms with E-state index in [4.69, 9.17) is 16.3 Å². The molecule has 2 aliphatic rings. The highest BCUT2D eigenvalue weighted by Gasteiger charge is 2.41. The van der Waals surface area contributed by atoms with Gasteiger partial charge in [-0.2, -0.15) is 0 Å². The van der Waals surface area contributed by atoms with E-state index in [2.05, 4.69) is 21.9 Å². The van der Waals surface area contributed by atoms with Gasteiger partial charge >= 0.3 is 0 Å². The summed E-state index contributed by atoms with van der Waals surface area (Å²) < 4.78 is 5.40. The third-order valence-electron chi connectivity index (χ3n) is 6.65. The highest BCUT2D eigenvalue weighted by molar-refractivity contribution is 6.33. The van der Waals surface area contributed by atoms with Gasteiger partial charge in [-0.15, -0.1) is 0 Å². The maximum absolute atomic E-state index is 11.7. The highest BCUT2D eigenvalue weighted by Crippen LogP contribution is 2.43. The van der Waals surface area contributed by atoms with Gasteiger partial charge in [0.2, 0.25) is 0 Å². The summed E-state index contributed by atoms with van der Waals surface area (Å²) in [6.45, 7) is 4.86. The van der Waals surface area contributed by atoms with Gasteiger partial charge in [0.1, 0.15) is 5.75 Å². The number of methoxy groups -OCH3 is 1. The van der Waals surface area contributed by atoms with Crippen molar-refractivity contribution in [3.63, 3.8) is 0 Å². The van der Waals surface area contributed by atoms with Gasteiger partial charge in [-0.1, -0.05) is 48.7 Å². The van der Waals surface area contributed by atoms with Crippen molar-refractivity contribution in [3.8, 4) is 5.75 Å². The fraction of sp³-hybridized carbons (Fsp3) is 0.500. The van der Waals surface area contributed by atoms with E-state index in [1.54, 1.807) is 7.11 Å². The predicted molar refractivity (Wildman–Crippen MR) is 119 cm³/mol. The summed E-state index contributed by atoms with van der Waals surface area (Å²) in [4.78, 5) is 4.88. The summed E-state index contributed by atoms with van der Waals surface area (Å²) >= 11 is 6.38. The molecule has 1 saturated heterocycles. The van der Waals surface area contributed by atoms with Crippen LogP contribution in [0.25, 0.3) is 0 Å². The number of hydrogen-bond acceptors (Lipinski definition) is 4. The van der Waals surface area contributed by atoms with Crippen LogP contribution >= 0.6 is 11.6 Å². The SMILES string of the molecule is COc1cccc(C2(O)CCCCC2CN2CCN(c3ccccc3Cl)CC2)c1. The molecule has 156 valence electrons. The van der Waals surface area contributed by atoms with E-state index in [1.165, 1.54) is 6.42 Å². The minimum Gasteiger partial charge on any atom is -0.497 e. The second kappa shape index (κ2) is 8.95. The Bertz CT molecular complexity index is 822. The van der Waals surface area contributed by atoms with Crippen LogP contribution in [0.15, 0.2) is 48.5 Å². The number of nitrogens with zero attached hydrogens (tertiary/aromatic N) is 2. The van der Waals surface area contributed by atoms with Crippen LogP contribution in [-0.4, -0.2) is 49.8 Å². The number of aliphatic hydroxyl groups is 1. The Labute approximate surface area is 179 Å². The zero-order valence-electron chi connectivity index (χ0n) is 17.2. The molecule has 0 bridgehead atoms. The van der Waals surface area contributed by atoms with Gasteiger partial charge in [0, 0.05) is 38.6 Å². The van der Waals surface area contributed by atoms with E-state index >= 15 is 0 Å². The summed E-state index contributed by atoms with van der Waals surface area (Å²) in [5.74, 6) is 1.06. The second-order valence-corrected chi connectivity index (χ2v) is 8.75. The number of para-hydroxylation sites is 1. The van der Waals surface area contributed by atoms with Crippen LogP contribution < -0.4 is 9.64 Å². The molecule has 0 spiro atoms. The lowest BCUT2D eigenvalue weighted by Crippen LogP contribution is -2.51. The van der Waals surface area contributed by atoms with Crippen LogP contribution in [0.4, 0.5) is 5.69 Å². The molecule has 1 aliphatic carbocycles. The third-order valence-corrected chi connectivity index (χ3v) is 6.97. The van der Waals surface area contributed by atoms with Crippen molar-refractivity contribution in [1.82, 2.24) is 4.90 Å². The smallest absolute Gasteiger partial charge is 0.119 e. The van der Waals surface area contributed by atoms with E-state index in [0.717, 1.165) is 74.0 Å². The molecule has 1 heterocycles. The lowest BCUT2D eigenvalue weighted by atomic mass is 9.71. The normalized spacial score (nSPS) is 25.8. The van der Waals surface area contributed by atoms with Gasteiger partial charge in [-0.05, 0) is 42.7 Å². The Morgan fingerprint density at radius 2 is 1.86 bits per heavy atom. The molecule has 5 heteroatoms. The van der Waals surface area contributed by atoms with Gasteiger partial charge in [0.15, 0.2) is 0 Å². The standard InChI is InChI=1S/C24H31ClN2O2/c1-29-21-9-6-8-19(17-21)24(28)12-5-4-7-20(24)18-26-13-15-27(16-14-26)23-11-3-2-10-22(23)25/h2-3,6,8-11,17,20,28H,4-5,7,12-16,18H2,1H3. The molecular formula is C24H31ClN2O2. The van der Waals surface area contributed by atoms with Crippen molar-refractivity contribution >= 4 is 17.3 Å². The summed E-state index contributed by atoms with van der Waals surface area (Å²) in [6, 6.07) is 16.1. The number of anilines is 1. The van der Waals surface area contributed by atoms with Crippen molar-refractivity contribution in [2.75, 3.05) is 44.7 Å². The Hall–Kier alpha value is -1.75. The highest BCUT2D eigenvalue weighted by atomic mass is 35.5. The van der Waals surface area contributed by atoms with E-state index in [9.17, 15) is 5.11 Å². The van der Waals surface area contributed by atoms with E-state index in [0.29, 0.717) is 0 Å². The van der Waals surface area contributed by atoms with Crippen LogP contribution in [0.5, 0.6) is 5.75 Å². The molecule has 4 rings (SSSR count). The quantitative estimate of drug-likeness (QED) is 0.778. The van der Waals surface area contributed by atoms with Crippen LogP contribution in [0.3, 0.4) is 0 Å². The molecule has 1 N–H and O–H groups in total. The Morgan fingerprint density at radius 1 is 1.07 bits per heavy atom. The molecule has 1 aliphatic heterocycles. The molecule has 2 aromatic carbocycles. The molecule has 4 nitrogen and oxygen atoms in total. The van der Waals surface area contributed by atoms with Crippen molar-refractivity contribution < 1.29 is 9.84 Å². The van der Waals surface area contributed by atoms with E-state index in [-0.39, 0.29) is 5.92 Å². The molecule has 2 unspecified atom stereocenters. The molecule has 29 heavy (non-hydrogen) atoms. The molecule has 2 aromatic rings. The number of ether oxygens (including phenoxy) is 1. The second-order valence-electron chi connectivity index (χ2n) is 8.34. The fourth-order valence-corrected chi connectivity index (χ4v) is 5.19. The van der Waals surface area contributed by atoms with Crippen LogP contribution in [0.1, 0.15) is 31.2 Å². The first-order valence-corrected chi connectivity index (χ1v) is 11.1. The largest absolute Gasteiger partial charge is 0.497 e. The maximum atomic E-state index is 11.7. The first-order chi connectivity index (χ1) is 14.1. The molecule has 0 aromatic heterocycles. The van der Waals surface area contributed by atoms with Crippen LogP contribution in [-0.2, 0) is 5.60 Å². The van der Waals surface area contributed by atoms with E-state index < -0.39 is 5.60 Å². The Morgan fingerprint density at radius 3 is 2.62 bits per heavy atom. The summed E-state index contributed by atoms with van der Waals surface area (Å²) in [7, 11) is 1.68. The Balaban J connectivity index is 1.43. The van der Waals surface area contributed by atoms with Crippen molar-refractivity contribution in [3.05, 3.63) is 59.1 Å². The first-order valence-electron chi connectivity index (χ1n) is 10.7. The van der Waals surface area contributed by atoms with Gasteiger partial charge in [0.25, 0.3) is 0 Å². The lowest BCUT2D eigenvalue weighted by Gasteiger charge is -2.44. The number of hydrogen-bond donors (Lipinski definition) is 1. The van der Waals surface area contributed by atoms with Crippen molar-refractivity contribution in [1.29, 1.82) is 0 Å². The molecule has 1 saturated carbocycles. The third kappa shape index (κ3) is 4.40. The number of rotatable bonds is 5. The minimum atomic E-state index is -0.771. The van der Waals surface area contributed by atoms with Crippen molar-refractivity contribution in [2.45, 2.75) is 31.3 Å². The van der Waals surface area contributed by atoms with Gasteiger partial charge in [-0.3, -0.25) is 4.90 Å². The van der Waals surface area contributed by atoms with Crippen LogP contribution in [0.2, 0.25) is 5.02 Å². The summed E-state index contributed by atoms with van der Waals surface area (Å²) in [5.41, 5.74) is 1.35. The monoisotopic (exact) mass is 414 g/mol. The average Bonchev–Trinajstić information content (AvgIpc) is 2.76. The molecule has 0 radical (unpaired) electrons. The van der Waals surface area contributed by atoms with Gasteiger partial charge < -0.3 is 14.7 Å². The topological polar surface area (TPSA) is 35.9 Å².